The van der Waals surface area contributed by atoms with Crippen molar-refractivity contribution in [2.45, 2.75) is 58.6 Å². The lowest BCUT2D eigenvalue weighted by Crippen LogP contribution is -2.33. The topological polar surface area (TPSA) is 35.2 Å². The molecule has 17 heavy (non-hydrogen) atoms. The van der Waals surface area contributed by atoms with Crippen LogP contribution in [0.1, 0.15) is 46.6 Å². The third-order valence-corrected chi connectivity index (χ3v) is 3.58. The van der Waals surface area contributed by atoms with Crippen molar-refractivity contribution in [1.29, 1.82) is 0 Å². The normalized spacial score (nSPS) is 15.4. The van der Waals surface area contributed by atoms with E-state index >= 15 is 0 Å². The van der Waals surface area contributed by atoms with Crippen molar-refractivity contribution in [2.24, 2.45) is 5.73 Å². The van der Waals surface area contributed by atoms with Gasteiger partial charge in [-0.3, -0.25) is 0 Å². The van der Waals surface area contributed by atoms with E-state index < -0.39 is 0 Å². The fourth-order valence-electron chi connectivity index (χ4n) is 1.51. The Morgan fingerprint density at radius 1 is 1.18 bits per heavy atom. The second-order valence-electron chi connectivity index (χ2n) is 5.44. The van der Waals surface area contributed by atoms with Gasteiger partial charge in [0.05, 0.1) is 0 Å². The molecule has 0 radical (unpaired) electrons. The first-order valence-electron chi connectivity index (χ1n) is 6.39. The van der Waals surface area contributed by atoms with Crippen LogP contribution in [0.2, 0.25) is 0 Å². The van der Waals surface area contributed by atoms with Crippen LogP contribution in [-0.2, 0) is 5.41 Å². The maximum Gasteiger partial charge on any atom is 0.119 e. The fourth-order valence-corrected chi connectivity index (χ4v) is 1.51. The van der Waals surface area contributed by atoms with Gasteiger partial charge >= 0.3 is 0 Å². The zero-order chi connectivity index (χ0) is 13.1. The largest absolute Gasteiger partial charge is 0.489 e. The molecule has 2 heteroatoms. The summed E-state index contributed by atoms with van der Waals surface area (Å²) in [6.07, 6.45) is 1.17. The minimum atomic E-state index is 0.0417. The Morgan fingerprint density at radius 3 is 2.12 bits per heavy atom. The van der Waals surface area contributed by atoms with Gasteiger partial charge in [0.15, 0.2) is 0 Å². The summed E-state index contributed by atoms with van der Waals surface area (Å²) < 4.78 is 5.75. The van der Waals surface area contributed by atoms with Gasteiger partial charge in [0.2, 0.25) is 0 Å². The van der Waals surface area contributed by atoms with Crippen LogP contribution in [0.15, 0.2) is 24.3 Å². The molecule has 0 fully saturated rings. The summed E-state index contributed by atoms with van der Waals surface area (Å²) in [5.41, 5.74) is 7.35. The second kappa shape index (κ2) is 5.54. The lowest BCUT2D eigenvalue weighted by Gasteiger charge is -2.24. The van der Waals surface area contributed by atoms with Gasteiger partial charge in [-0.1, -0.05) is 32.9 Å². The SMILES string of the molecule is CCC(C)(C)c1ccc(OC(C)C(C)N)cc1. The average molecular weight is 235 g/mol. The highest BCUT2D eigenvalue weighted by molar-refractivity contribution is 5.31. The molecule has 0 aliphatic rings. The van der Waals surface area contributed by atoms with Crippen LogP contribution in [0.25, 0.3) is 0 Å². The summed E-state index contributed by atoms with van der Waals surface area (Å²) in [5, 5.41) is 0. The molecule has 1 aromatic carbocycles. The summed E-state index contributed by atoms with van der Waals surface area (Å²) in [7, 11) is 0. The maximum absolute atomic E-state index is 5.78. The summed E-state index contributed by atoms with van der Waals surface area (Å²) in [6.45, 7) is 10.7. The molecule has 0 saturated carbocycles. The first kappa shape index (κ1) is 14.0. The predicted octanol–water partition coefficient (Wildman–Crippen LogP) is 3.49. The standard InChI is InChI=1S/C15H25NO/c1-6-15(4,5)13-7-9-14(10-8-13)17-12(3)11(2)16/h7-12H,6,16H2,1-5H3. The average Bonchev–Trinajstić information content (AvgIpc) is 2.29. The first-order chi connectivity index (χ1) is 7.86. The van der Waals surface area contributed by atoms with Crippen LogP contribution in [0.4, 0.5) is 0 Å². The van der Waals surface area contributed by atoms with E-state index in [0.29, 0.717) is 0 Å². The fraction of sp³-hybridized carbons (Fsp3) is 0.600. The number of hydrogen-bond acceptors (Lipinski definition) is 2. The molecule has 0 aliphatic heterocycles. The first-order valence-corrected chi connectivity index (χ1v) is 6.39. The van der Waals surface area contributed by atoms with E-state index in [2.05, 4.69) is 32.9 Å². The highest BCUT2D eigenvalue weighted by Crippen LogP contribution is 2.28. The van der Waals surface area contributed by atoms with Gasteiger partial charge in [0.1, 0.15) is 11.9 Å². The lowest BCUT2D eigenvalue weighted by atomic mass is 9.82. The zero-order valence-electron chi connectivity index (χ0n) is 11.7. The Balaban J connectivity index is 2.75. The quantitative estimate of drug-likeness (QED) is 0.848. The van der Waals surface area contributed by atoms with Gasteiger partial charge in [-0.2, -0.15) is 0 Å². The molecule has 0 bridgehead atoms. The van der Waals surface area contributed by atoms with E-state index in [0.717, 1.165) is 12.2 Å². The molecule has 0 amide bonds. The van der Waals surface area contributed by atoms with E-state index in [1.807, 2.05) is 26.0 Å². The molecule has 2 atom stereocenters. The van der Waals surface area contributed by atoms with E-state index in [1.54, 1.807) is 0 Å². The molecule has 0 saturated heterocycles. The third-order valence-electron chi connectivity index (χ3n) is 3.58. The number of benzene rings is 1. The van der Waals surface area contributed by atoms with Crippen molar-refractivity contribution in [1.82, 2.24) is 0 Å². The smallest absolute Gasteiger partial charge is 0.119 e. The van der Waals surface area contributed by atoms with Gasteiger partial charge in [0.25, 0.3) is 0 Å². The van der Waals surface area contributed by atoms with Crippen molar-refractivity contribution >= 4 is 0 Å². The number of rotatable bonds is 5. The molecule has 2 nitrogen and oxygen atoms in total. The molecular formula is C15H25NO. The Kier molecular flexibility index (Phi) is 4.58. The zero-order valence-corrected chi connectivity index (χ0v) is 11.7. The molecule has 0 spiro atoms. The summed E-state index contributed by atoms with van der Waals surface area (Å²) in [5.74, 6) is 0.894. The molecule has 0 aliphatic carbocycles. The highest BCUT2D eigenvalue weighted by atomic mass is 16.5. The minimum absolute atomic E-state index is 0.0417. The number of ether oxygens (including phenoxy) is 1. The lowest BCUT2D eigenvalue weighted by molar-refractivity contribution is 0.196. The highest BCUT2D eigenvalue weighted by Gasteiger charge is 2.18. The molecule has 96 valence electrons. The molecule has 0 aromatic heterocycles. The van der Waals surface area contributed by atoms with Crippen LogP contribution in [0.5, 0.6) is 5.75 Å². The van der Waals surface area contributed by atoms with Crippen LogP contribution in [0, 0.1) is 0 Å². The summed E-state index contributed by atoms with van der Waals surface area (Å²) in [4.78, 5) is 0. The Labute approximate surface area is 105 Å². The van der Waals surface area contributed by atoms with Gasteiger partial charge in [-0.05, 0) is 43.4 Å². The Hall–Kier alpha value is -1.02. The number of nitrogens with two attached hydrogens (primary N) is 1. The van der Waals surface area contributed by atoms with Crippen molar-refractivity contribution in [2.75, 3.05) is 0 Å². The monoisotopic (exact) mass is 235 g/mol. The van der Waals surface area contributed by atoms with E-state index in [9.17, 15) is 0 Å². The molecule has 2 unspecified atom stereocenters. The molecule has 2 N–H and O–H groups in total. The second-order valence-corrected chi connectivity index (χ2v) is 5.44. The summed E-state index contributed by atoms with van der Waals surface area (Å²) >= 11 is 0. The van der Waals surface area contributed by atoms with Crippen molar-refractivity contribution in [3.8, 4) is 5.75 Å². The van der Waals surface area contributed by atoms with Crippen molar-refractivity contribution in [3.63, 3.8) is 0 Å². The molecule has 1 rings (SSSR count). The van der Waals surface area contributed by atoms with Crippen LogP contribution in [-0.4, -0.2) is 12.1 Å². The van der Waals surface area contributed by atoms with Crippen LogP contribution < -0.4 is 10.5 Å². The van der Waals surface area contributed by atoms with E-state index in [1.165, 1.54) is 5.56 Å². The summed E-state index contributed by atoms with van der Waals surface area (Å²) in [6, 6.07) is 8.40. The predicted molar refractivity (Wildman–Crippen MR) is 73.5 cm³/mol. The molecule has 0 heterocycles. The maximum atomic E-state index is 5.78. The van der Waals surface area contributed by atoms with Gasteiger partial charge in [-0.15, -0.1) is 0 Å². The van der Waals surface area contributed by atoms with E-state index in [-0.39, 0.29) is 17.6 Å². The van der Waals surface area contributed by atoms with E-state index in [4.69, 9.17) is 10.5 Å². The van der Waals surface area contributed by atoms with Crippen molar-refractivity contribution < 1.29 is 4.74 Å². The van der Waals surface area contributed by atoms with Gasteiger partial charge < -0.3 is 10.5 Å². The van der Waals surface area contributed by atoms with Crippen LogP contribution >= 0.6 is 0 Å². The number of hydrogen-bond donors (Lipinski definition) is 1. The van der Waals surface area contributed by atoms with Crippen molar-refractivity contribution in [3.05, 3.63) is 29.8 Å². The van der Waals surface area contributed by atoms with Gasteiger partial charge in [0, 0.05) is 6.04 Å². The third kappa shape index (κ3) is 3.74. The molecule has 1 aromatic rings. The Bertz CT molecular complexity index is 340. The molecular weight excluding hydrogens is 210 g/mol. The Morgan fingerprint density at radius 2 is 1.71 bits per heavy atom. The minimum Gasteiger partial charge on any atom is -0.489 e. The van der Waals surface area contributed by atoms with Crippen LogP contribution in [0.3, 0.4) is 0 Å². The van der Waals surface area contributed by atoms with Gasteiger partial charge in [-0.25, -0.2) is 0 Å².